The molecule has 3 rings (SSSR count). The summed E-state index contributed by atoms with van der Waals surface area (Å²) in [5.74, 6) is -2.59. The molecule has 0 saturated heterocycles. The SMILES string of the molecule is COC(=O)[C@H](CCC(=O)CCCCCCC(=O)O)NC(=O)c1ccc(N(Cc2cnc3nc(N)[nH]c(=O)c3n2)C(C)=O)cc1. The maximum atomic E-state index is 12.9. The monoisotopic (exact) mass is 609 g/mol. The van der Waals surface area contributed by atoms with Crippen LogP contribution in [0.2, 0.25) is 0 Å². The van der Waals surface area contributed by atoms with Crippen LogP contribution in [0, 0.1) is 0 Å². The number of carboxylic acids is 1. The van der Waals surface area contributed by atoms with E-state index in [9.17, 15) is 28.8 Å². The average Bonchev–Trinajstić information content (AvgIpc) is 2.99. The van der Waals surface area contributed by atoms with Crippen molar-refractivity contribution in [3.63, 3.8) is 0 Å². The molecule has 15 heteroatoms. The van der Waals surface area contributed by atoms with Crippen LogP contribution >= 0.6 is 0 Å². The van der Waals surface area contributed by atoms with E-state index in [-0.39, 0.29) is 60.2 Å². The number of nitrogens with two attached hydrogens (primary N) is 1. The van der Waals surface area contributed by atoms with E-state index in [1.165, 1.54) is 37.3 Å². The predicted molar refractivity (Wildman–Crippen MR) is 159 cm³/mol. The molecule has 0 aliphatic rings. The number of hydrogen-bond donors (Lipinski definition) is 4. The van der Waals surface area contributed by atoms with Crippen LogP contribution in [0.4, 0.5) is 11.6 Å². The highest BCUT2D eigenvalue weighted by Gasteiger charge is 2.23. The Bertz CT molecular complexity index is 1570. The zero-order chi connectivity index (χ0) is 32.2. The van der Waals surface area contributed by atoms with Crippen LogP contribution in [-0.4, -0.2) is 67.7 Å². The first kappa shape index (κ1) is 33.3. The highest BCUT2D eigenvalue weighted by molar-refractivity contribution is 5.98. The van der Waals surface area contributed by atoms with Gasteiger partial charge >= 0.3 is 11.9 Å². The van der Waals surface area contributed by atoms with Crippen molar-refractivity contribution in [3.8, 4) is 0 Å². The second-order valence-electron chi connectivity index (χ2n) is 10.1. The second kappa shape index (κ2) is 15.9. The Balaban J connectivity index is 1.60. The van der Waals surface area contributed by atoms with Gasteiger partial charge in [0.05, 0.1) is 25.5 Å². The van der Waals surface area contributed by atoms with Gasteiger partial charge in [0.2, 0.25) is 11.9 Å². The molecule has 1 atom stereocenters. The van der Waals surface area contributed by atoms with Crippen LogP contribution in [0.3, 0.4) is 0 Å². The summed E-state index contributed by atoms with van der Waals surface area (Å²) in [6.45, 7) is 1.33. The molecule has 2 aromatic heterocycles. The Morgan fingerprint density at radius 2 is 1.70 bits per heavy atom. The number of benzene rings is 1. The third-order valence-electron chi connectivity index (χ3n) is 6.73. The molecular weight excluding hydrogens is 574 g/mol. The second-order valence-corrected chi connectivity index (χ2v) is 10.1. The van der Waals surface area contributed by atoms with Crippen molar-refractivity contribution in [1.82, 2.24) is 25.3 Å². The van der Waals surface area contributed by atoms with Crippen molar-refractivity contribution in [2.24, 2.45) is 0 Å². The standard InChI is InChI=1S/C29H35N7O8/c1-17(37)36(16-19-15-31-25-24(32-19)27(42)35-29(30)34-25)20-11-9-18(10-12-20)26(41)33-22(28(43)44-2)14-13-21(38)7-5-3-4-6-8-23(39)40/h9-12,15,22H,3-8,13-14,16H2,1-2H3,(H,33,41)(H,39,40)(H3,30,31,34,35,42)/t22-/m0/s1. The summed E-state index contributed by atoms with van der Waals surface area (Å²) in [7, 11) is 1.19. The zero-order valence-electron chi connectivity index (χ0n) is 24.5. The third-order valence-corrected chi connectivity index (χ3v) is 6.73. The highest BCUT2D eigenvalue weighted by Crippen LogP contribution is 2.19. The lowest BCUT2D eigenvalue weighted by atomic mass is 10.0. The Morgan fingerprint density at radius 3 is 2.34 bits per heavy atom. The number of hydrogen-bond acceptors (Lipinski definition) is 11. The van der Waals surface area contributed by atoms with E-state index in [1.54, 1.807) is 12.1 Å². The largest absolute Gasteiger partial charge is 0.481 e. The number of unbranched alkanes of at least 4 members (excludes halogenated alkanes) is 3. The molecule has 234 valence electrons. The van der Waals surface area contributed by atoms with Gasteiger partial charge in [-0.1, -0.05) is 12.8 Å². The van der Waals surface area contributed by atoms with Crippen LogP contribution in [0.25, 0.3) is 11.2 Å². The molecule has 2 amide bonds. The lowest BCUT2D eigenvalue weighted by Crippen LogP contribution is -2.41. The van der Waals surface area contributed by atoms with Gasteiger partial charge in [-0.25, -0.2) is 14.8 Å². The molecule has 0 bridgehead atoms. The van der Waals surface area contributed by atoms with E-state index >= 15 is 0 Å². The van der Waals surface area contributed by atoms with E-state index in [0.717, 1.165) is 12.8 Å². The van der Waals surface area contributed by atoms with Crippen LogP contribution in [-0.2, 0) is 30.5 Å². The fourth-order valence-electron chi connectivity index (χ4n) is 4.40. The number of fused-ring (bicyclic) bond motifs is 1. The molecule has 0 aliphatic heterocycles. The topological polar surface area (TPSA) is 228 Å². The number of aliphatic carboxylic acids is 1. The number of esters is 1. The first-order valence-corrected chi connectivity index (χ1v) is 14.0. The first-order valence-electron chi connectivity index (χ1n) is 14.0. The van der Waals surface area contributed by atoms with Crippen molar-refractivity contribution in [3.05, 3.63) is 52.1 Å². The molecule has 1 aromatic carbocycles. The number of nitrogen functional groups attached to an aromatic ring is 1. The molecule has 0 unspecified atom stereocenters. The number of H-pyrrole nitrogens is 1. The Hall–Kier alpha value is -5.21. The van der Waals surface area contributed by atoms with Crippen LogP contribution in [0.1, 0.15) is 74.3 Å². The van der Waals surface area contributed by atoms with Crippen LogP contribution in [0.15, 0.2) is 35.3 Å². The number of amides is 2. The first-order chi connectivity index (χ1) is 21.0. The summed E-state index contributed by atoms with van der Waals surface area (Å²) < 4.78 is 4.80. The van der Waals surface area contributed by atoms with E-state index in [0.29, 0.717) is 30.6 Å². The molecule has 0 fully saturated rings. The molecule has 15 nitrogen and oxygen atoms in total. The zero-order valence-corrected chi connectivity index (χ0v) is 24.5. The van der Waals surface area contributed by atoms with E-state index in [1.807, 2.05) is 0 Å². The van der Waals surface area contributed by atoms with Crippen LogP contribution in [0.5, 0.6) is 0 Å². The number of Topliss-reactive ketones (excluding diaryl/α,β-unsaturated/α-hetero) is 1. The quantitative estimate of drug-likeness (QED) is 0.135. The van der Waals surface area contributed by atoms with Gasteiger partial charge in [0.25, 0.3) is 11.5 Å². The van der Waals surface area contributed by atoms with Crippen molar-refractivity contribution >= 4 is 52.3 Å². The number of anilines is 2. The molecule has 3 aromatic rings. The number of rotatable bonds is 16. The fraction of sp³-hybridized carbons (Fsp3) is 0.414. The Morgan fingerprint density at radius 1 is 1.02 bits per heavy atom. The number of aromatic nitrogens is 4. The number of methoxy groups -OCH3 is 1. The lowest BCUT2D eigenvalue weighted by molar-refractivity contribution is -0.143. The van der Waals surface area contributed by atoms with Gasteiger partial charge in [-0.05, 0) is 43.5 Å². The van der Waals surface area contributed by atoms with Crippen LogP contribution < -0.4 is 21.5 Å². The minimum absolute atomic E-state index is 0.0194. The molecule has 0 spiro atoms. The number of ketones is 1. The number of nitrogens with zero attached hydrogens (tertiary/aromatic N) is 4. The molecule has 0 radical (unpaired) electrons. The maximum Gasteiger partial charge on any atom is 0.328 e. The Labute approximate surface area is 252 Å². The summed E-state index contributed by atoms with van der Waals surface area (Å²) >= 11 is 0. The minimum Gasteiger partial charge on any atom is -0.481 e. The fourth-order valence-corrected chi connectivity index (χ4v) is 4.40. The summed E-state index contributed by atoms with van der Waals surface area (Å²) in [4.78, 5) is 88.8. The number of nitrogens with one attached hydrogen (secondary N) is 2. The summed E-state index contributed by atoms with van der Waals surface area (Å²) in [6.07, 6.45) is 4.54. The van der Waals surface area contributed by atoms with Crippen molar-refractivity contribution in [2.45, 2.75) is 70.9 Å². The average molecular weight is 610 g/mol. The third kappa shape index (κ3) is 9.68. The highest BCUT2D eigenvalue weighted by atomic mass is 16.5. The smallest absolute Gasteiger partial charge is 0.328 e. The van der Waals surface area contributed by atoms with Gasteiger partial charge in [0.15, 0.2) is 11.2 Å². The van der Waals surface area contributed by atoms with E-state index in [4.69, 9.17) is 15.6 Å². The summed E-state index contributed by atoms with van der Waals surface area (Å²) in [5.41, 5.74) is 5.99. The van der Waals surface area contributed by atoms with Crippen molar-refractivity contribution in [2.75, 3.05) is 17.7 Å². The molecular formula is C29H35N7O8. The van der Waals surface area contributed by atoms with Gasteiger partial charge in [-0.2, -0.15) is 4.98 Å². The summed E-state index contributed by atoms with van der Waals surface area (Å²) in [5, 5.41) is 11.3. The van der Waals surface area contributed by atoms with Crippen molar-refractivity contribution < 1.29 is 33.8 Å². The molecule has 0 aliphatic carbocycles. The molecule has 0 saturated carbocycles. The van der Waals surface area contributed by atoms with Gasteiger partial charge in [-0.3, -0.25) is 29.0 Å². The van der Waals surface area contributed by atoms with E-state index in [2.05, 4.69) is 25.3 Å². The molecule has 2 heterocycles. The number of carboxylic acid groups (broad SMARTS) is 1. The minimum atomic E-state index is -1.04. The number of carbonyl (C=O) groups excluding carboxylic acids is 4. The number of aromatic amines is 1. The maximum absolute atomic E-state index is 12.9. The normalized spacial score (nSPS) is 11.5. The summed E-state index contributed by atoms with van der Waals surface area (Å²) in [6, 6.07) is 5.02. The van der Waals surface area contributed by atoms with Gasteiger partial charge < -0.3 is 25.8 Å². The number of carbonyl (C=O) groups is 5. The Kier molecular flexibility index (Phi) is 12.0. The molecule has 44 heavy (non-hydrogen) atoms. The van der Waals surface area contributed by atoms with Gasteiger partial charge in [0.1, 0.15) is 11.8 Å². The van der Waals surface area contributed by atoms with Gasteiger partial charge in [0, 0.05) is 37.4 Å². The molecule has 5 N–H and O–H groups in total. The predicted octanol–water partition coefficient (Wildman–Crippen LogP) is 1.89. The van der Waals surface area contributed by atoms with Crippen molar-refractivity contribution in [1.29, 1.82) is 0 Å². The van der Waals surface area contributed by atoms with E-state index < -0.39 is 29.4 Å². The lowest BCUT2D eigenvalue weighted by Gasteiger charge is -2.21. The van der Waals surface area contributed by atoms with Gasteiger partial charge in [-0.15, -0.1) is 0 Å². The number of ether oxygens (including phenoxy) is 1.